The fraction of sp³-hybridized carbons (Fsp3) is 0.300. The number of ether oxygens (including phenoxy) is 3. The Morgan fingerprint density at radius 2 is 1.93 bits per heavy atom. The Bertz CT molecular complexity index is 843. The van der Waals surface area contributed by atoms with Gasteiger partial charge in [-0.1, -0.05) is 29.3 Å². The van der Waals surface area contributed by atoms with Crippen LogP contribution in [0.5, 0.6) is 11.5 Å². The van der Waals surface area contributed by atoms with E-state index in [4.69, 9.17) is 14.2 Å². The van der Waals surface area contributed by atoms with Gasteiger partial charge in [-0.3, -0.25) is 4.79 Å². The number of hydrogen-bond donors (Lipinski definition) is 1. The lowest BCUT2D eigenvalue weighted by molar-refractivity contribution is -0.119. The number of esters is 1. The number of hydrogen-bond acceptors (Lipinski definition) is 5. The average Bonchev–Trinajstić information content (AvgIpc) is 2.68. The third-order valence-corrected chi connectivity index (χ3v) is 4.19. The van der Waals surface area contributed by atoms with Crippen LogP contribution in [0.1, 0.15) is 30.1 Å². The Kier molecular flexibility index (Phi) is 8.25. The molecule has 150 valence electrons. The van der Waals surface area contributed by atoms with Gasteiger partial charge in [0.25, 0.3) is 5.91 Å². The smallest absolute Gasteiger partial charge is 0.338 e. The third kappa shape index (κ3) is 6.23. The molecule has 0 atom stereocenters. The molecule has 0 spiro atoms. The first kappa shape index (κ1) is 21.7. The number of amides is 1. The van der Waals surface area contributed by atoms with Crippen LogP contribution in [0.4, 0.5) is 10.1 Å². The van der Waals surface area contributed by atoms with Gasteiger partial charge in [0.05, 0.1) is 25.0 Å². The van der Waals surface area contributed by atoms with E-state index in [1.165, 1.54) is 31.4 Å². The van der Waals surface area contributed by atoms with Gasteiger partial charge in [0.15, 0.2) is 18.1 Å². The number of carbonyl (C=O) groups is 2. The van der Waals surface area contributed by atoms with Crippen molar-refractivity contribution in [1.29, 1.82) is 0 Å². The normalized spacial score (nSPS) is 10.3. The summed E-state index contributed by atoms with van der Waals surface area (Å²) >= 11 is 3.13. The van der Waals surface area contributed by atoms with E-state index in [2.05, 4.69) is 28.2 Å². The second-order valence-electron chi connectivity index (χ2n) is 5.82. The molecule has 28 heavy (non-hydrogen) atoms. The van der Waals surface area contributed by atoms with Crippen molar-refractivity contribution in [2.24, 2.45) is 0 Å². The van der Waals surface area contributed by atoms with Crippen molar-refractivity contribution in [2.75, 3.05) is 25.6 Å². The average molecular weight is 454 g/mol. The number of benzene rings is 2. The molecule has 0 radical (unpaired) electrons. The first-order valence-corrected chi connectivity index (χ1v) is 9.46. The van der Waals surface area contributed by atoms with Crippen LogP contribution in [0, 0.1) is 5.82 Å². The van der Waals surface area contributed by atoms with Crippen LogP contribution < -0.4 is 14.8 Å². The topological polar surface area (TPSA) is 73.9 Å². The van der Waals surface area contributed by atoms with Gasteiger partial charge in [-0.15, -0.1) is 0 Å². The van der Waals surface area contributed by atoms with Gasteiger partial charge in [-0.25, -0.2) is 9.18 Å². The van der Waals surface area contributed by atoms with Gasteiger partial charge in [0.1, 0.15) is 5.82 Å². The molecule has 8 heteroatoms. The predicted octanol–water partition coefficient (Wildman–Crippen LogP) is 4.57. The van der Waals surface area contributed by atoms with E-state index in [-0.39, 0.29) is 11.3 Å². The maximum absolute atomic E-state index is 13.7. The van der Waals surface area contributed by atoms with Gasteiger partial charge in [-0.05, 0) is 42.8 Å². The Morgan fingerprint density at radius 3 is 2.61 bits per heavy atom. The van der Waals surface area contributed by atoms with E-state index in [1.54, 1.807) is 12.1 Å². The molecule has 1 amide bonds. The first-order chi connectivity index (χ1) is 13.4. The van der Waals surface area contributed by atoms with Crippen molar-refractivity contribution in [2.45, 2.75) is 19.8 Å². The van der Waals surface area contributed by atoms with E-state index < -0.39 is 24.3 Å². The number of rotatable bonds is 9. The van der Waals surface area contributed by atoms with Gasteiger partial charge in [-0.2, -0.15) is 0 Å². The maximum atomic E-state index is 13.7. The van der Waals surface area contributed by atoms with Crippen LogP contribution in [0.2, 0.25) is 0 Å². The lowest BCUT2D eigenvalue weighted by Crippen LogP contribution is -2.21. The zero-order chi connectivity index (χ0) is 20.5. The molecule has 2 aromatic rings. The van der Waals surface area contributed by atoms with E-state index >= 15 is 0 Å². The van der Waals surface area contributed by atoms with Gasteiger partial charge < -0.3 is 19.5 Å². The summed E-state index contributed by atoms with van der Waals surface area (Å²) in [5.41, 5.74) is 0.210. The molecule has 6 nitrogen and oxygen atoms in total. The highest BCUT2D eigenvalue weighted by atomic mass is 79.9. The summed E-state index contributed by atoms with van der Waals surface area (Å²) < 4.78 is 30.1. The molecule has 0 aliphatic heterocycles. The van der Waals surface area contributed by atoms with E-state index in [9.17, 15) is 14.0 Å². The van der Waals surface area contributed by atoms with Crippen LogP contribution in [-0.4, -0.2) is 32.2 Å². The third-order valence-electron chi connectivity index (χ3n) is 3.69. The van der Waals surface area contributed by atoms with E-state index in [1.807, 2.05) is 0 Å². The Balaban J connectivity index is 1.93. The lowest BCUT2D eigenvalue weighted by Gasteiger charge is -2.12. The van der Waals surface area contributed by atoms with Crippen LogP contribution >= 0.6 is 15.9 Å². The second kappa shape index (κ2) is 10.7. The van der Waals surface area contributed by atoms with E-state index in [0.717, 1.165) is 12.8 Å². The zero-order valence-electron chi connectivity index (χ0n) is 15.6. The molecule has 0 aliphatic rings. The van der Waals surface area contributed by atoms with Crippen molar-refractivity contribution in [3.05, 3.63) is 52.3 Å². The van der Waals surface area contributed by atoms with Crippen molar-refractivity contribution in [3.8, 4) is 11.5 Å². The maximum Gasteiger partial charge on any atom is 0.338 e. The SMILES string of the molecule is CCCCOc1ccc(C(=O)OCC(=O)Nc2ccc(Br)cc2F)cc1OC. The molecule has 2 aromatic carbocycles. The molecular weight excluding hydrogens is 433 g/mol. The molecule has 0 heterocycles. The van der Waals surface area contributed by atoms with Crippen LogP contribution in [0.3, 0.4) is 0 Å². The fourth-order valence-electron chi connectivity index (χ4n) is 2.23. The number of nitrogens with one attached hydrogen (secondary N) is 1. The minimum atomic E-state index is -0.704. The number of anilines is 1. The molecule has 2 rings (SSSR count). The highest BCUT2D eigenvalue weighted by Crippen LogP contribution is 2.28. The molecular formula is C20H21BrFNO5. The molecule has 0 fully saturated rings. The van der Waals surface area contributed by atoms with Gasteiger partial charge in [0.2, 0.25) is 0 Å². The summed E-state index contributed by atoms with van der Waals surface area (Å²) in [6.07, 6.45) is 1.90. The van der Waals surface area contributed by atoms with Gasteiger partial charge in [0, 0.05) is 4.47 Å². The number of halogens is 2. The molecule has 0 bridgehead atoms. The summed E-state index contributed by atoms with van der Waals surface area (Å²) in [6.45, 7) is 2.05. The highest BCUT2D eigenvalue weighted by molar-refractivity contribution is 9.10. The summed E-state index contributed by atoms with van der Waals surface area (Å²) in [4.78, 5) is 24.1. The monoisotopic (exact) mass is 453 g/mol. The summed E-state index contributed by atoms with van der Waals surface area (Å²) in [5, 5.41) is 2.35. The van der Waals surface area contributed by atoms with Crippen LogP contribution in [0.25, 0.3) is 0 Å². The fourth-order valence-corrected chi connectivity index (χ4v) is 2.56. The number of methoxy groups -OCH3 is 1. The van der Waals surface area contributed by atoms with Gasteiger partial charge >= 0.3 is 5.97 Å². The molecule has 0 saturated carbocycles. The Labute approximate surface area is 171 Å². The summed E-state index contributed by atoms with van der Waals surface area (Å²) in [6, 6.07) is 8.83. The van der Waals surface area contributed by atoms with Crippen molar-refractivity contribution < 1.29 is 28.2 Å². The second-order valence-corrected chi connectivity index (χ2v) is 6.73. The first-order valence-electron chi connectivity index (χ1n) is 8.67. The largest absolute Gasteiger partial charge is 0.493 e. The standard InChI is InChI=1S/C20H21BrFNO5/c1-3-4-9-27-17-8-5-13(10-18(17)26-2)20(25)28-12-19(24)23-16-7-6-14(21)11-15(16)22/h5-8,10-11H,3-4,9,12H2,1-2H3,(H,23,24). The predicted molar refractivity (Wildman–Crippen MR) is 106 cm³/mol. The summed E-state index contributed by atoms with van der Waals surface area (Å²) in [7, 11) is 1.47. The molecule has 0 aromatic heterocycles. The Hall–Kier alpha value is -2.61. The minimum absolute atomic E-state index is 0.000464. The number of carbonyl (C=O) groups excluding carboxylic acids is 2. The number of unbranched alkanes of at least 4 members (excludes halogenated alkanes) is 1. The van der Waals surface area contributed by atoms with Crippen molar-refractivity contribution in [1.82, 2.24) is 0 Å². The molecule has 0 unspecified atom stereocenters. The van der Waals surface area contributed by atoms with Crippen molar-refractivity contribution in [3.63, 3.8) is 0 Å². The van der Waals surface area contributed by atoms with Crippen LogP contribution in [-0.2, 0) is 9.53 Å². The quantitative estimate of drug-likeness (QED) is 0.444. The lowest BCUT2D eigenvalue weighted by atomic mass is 10.2. The molecule has 0 aliphatic carbocycles. The van der Waals surface area contributed by atoms with Crippen molar-refractivity contribution >= 4 is 33.5 Å². The van der Waals surface area contributed by atoms with Crippen LogP contribution in [0.15, 0.2) is 40.9 Å². The van der Waals surface area contributed by atoms with E-state index in [0.29, 0.717) is 22.6 Å². The molecule has 1 N–H and O–H groups in total. The minimum Gasteiger partial charge on any atom is -0.493 e. The highest BCUT2D eigenvalue weighted by Gasteiger charge is 2.15. The summed E-state index contributed by atoms with van der Waals surface area (Å²) in [5.74, 6) is -1.04. The Morgan fingerprint density at radius 1 is 1.14 bits per heavy atom. The molecule has 0 saturated heterocycles. The zero-order valence-corrected chi connectivity index (χ0v) is 17.2.